The number of hydrogen-bond donors (Lipinski definition) is 0. The average molecular weight is 1190 g/mol. The van der Waals surface area contributed by atoms with Gasteiger partial charge in [-0.3, -0.25) is 0 Å². The molecule has 2 aliphatic heterocycles. The van der Waals surface area contributed by atoms with E-state index in [1.807, 2.05) is 182 Å². The Morgan fingerprint density at radius 1 is 0.375 bits per heavy atom. The van der Waals surface area contributed by atoms with Gasteiger partial charge in [0.1, 0.15) is 48.8 Å². The highest BCUT2D eigenvalue weighted by atomic mass is 16.7. The lowest BCUT2D eigenvalue weighted by Gasteiger charge is -2.45. The lowest BCUT2D eigenvalue weighted by atomic mass is 9.97. The fourth-order valence-corrected chi connectivity index (χ4v) is 10.4. The van der Waals surface area contributed by atoms with Gasteiger partial charge in [0, 0.05) is 14.2 Å². The van der Waals surface area contributed by atoms with E-state index in [0.717, 1.165) is 33.4 Å². The first kappa shape index (κ1) is 61.0. The zero-order valence-corrected chi connectivity index (χ0v) is 48.6. The molecule has 0 saturated carbocycles. The van der Waals surface area contributed by atoms with Crippen LogP contribution in [0.5, 0.6) is 11.8 Å². The van der Waals surface area contributed by atoms with Crippen LogP contribution in [0.15, 0.2) is 219 Å². The predicted octanol–water partition coefficient (Wildman–Crippen LogP) is 9.56. The molecule has 4 heterocycles. The quantitative estimate of drug-likeness (QED) is 0.0418. The van der Waals surface area contributed by atoms with E-state index in [4.69, 9.17) is 56.8 Å². The van der Waals surface area contributed by atoms with Gasteiger partial charge in [0.05, 0.1) is 76.3 Å². The summed E-state index contributed by atoms with van der Waals surface area (Å²) < 4.78 is 79.8. The van der Waals surface area contributed by atoms with Crippen molar-refractivity contribution in [1.29, 1.82) is 0 Å². The lowest BCUT2D eigenvalue weighted by molar-refractivity contribution is -0.319. The molecule has 88 heavy (non-hydrogen) atoms. The molecule has 0 radical (unpaired) electrons. The monoisotopic (exact) mass is 1190 g/mol. The molecule has 20 nitrogen and oxygen atoms in total. The second kappa shape index (κ2) is 30.8. The zero-order valence-electron chi connectivity index (χ0n) is 48.6. The second-order valence-corrected chi connectivity index (χ2v) is 21.0. The molecular formula is C68H68N6O14. The van der Waals surface area contributed by atoms with Gasteiger partial charge >= 0.3 is 11.9 Å². The summed E-state index contributed by atoms with van der Waals surface area (Å²) in [5.74, 6) is -1.82. The van der Waals surface area contributed by atoms with Crippen LogP contribution in [0.25, 0.3) is 0 Å². The van der Waals surface area contributed by atoms with E-state index in [9.17, 15) is 9.59 Å². The summed E-state index contributed by atoms with van der Waals surface area (Å²) in [6, 6.07) is 64.8. The van der Waals surface area contributed by atoms with Crippen LogP contribution >= 0.6 is 0 Å². The molecule has 9 aromatic rings. The van der Waals surface area contributed by atoms with Gasteiger partial charge in [0.25, 0.3) is 11.8 Å². The molecule has 2 aromatic heterocycles. The maximum absolute atomic E-state index is 13.8. The number of benzene rings is 7. The zero-order chi connectivity index (χ0) is 60.3. The molecule has 0 bridgehead atoms. The van der Waals surface area contributed by atoms with Gasteiger partial charge in [-0.15, -0.1) is 0 Å². The number of methoxy groups -OCH3 is 2. The van der Waals surface area contributed by atoms with E-state index in [2.05, 4.69) is 20.6 Å². The first-order valence-corrected chi connectivity index (χ1v) is 29.0. The third-order valence-corrected chi connectivity index (χ3v) is 14.9. The van der Waals surface area contributed by atoms with E-state index in [1.54, 1.807) is 14.2 Å². The Morgan fingerprint density at radius 3 is 0.955 bits per heavy atom. The Morgan fingerprint density at radius 2 is 0.659 bits per heavy atom. The number of nitrogens with zero attached hydrogens (tertiary/aromatic N) is 6. The number of esters is 2. The van der Waals surface area contributed by atoms with Crippen molar-refractivity contribution in [2.45, 2.75) is 114 Å². The van der Waals surface area contributed by atoms with Crippen LogP contribution in [-0.4, -0.2) is 118 Å². The topological polar surface area (TPSA) is 206 Å². The number of aromatic nitrogens is 6. The molecule has 7 aromatic carbocycles. The van der Waals surface area contributed by atoms with Crippen molar-refractivity contribution in [3.63, 3.8) is 0 Å². The largest absolute Gasteiger partial charge is 0.400 e. The van der Waals surface area contributed by atoms with Crippen LogP contribution in [0.1, 0.15) is 54.1 Å². The molecule has 11 rings (SSSR count). The van der Waals surface area contributed by atoms with Crippen molar-refractivity contribution in [2.24, 2.45) is 0 Å². The fourth-order valence-electron chi connectivity index (χ4n) is 10.4. The Balaban J connectivity index is 0.759. The van der Waals surface area contributed by atoms with E-state index in [-0.39, 0.29) is 75.6 Å². The van der Waals surface area contributed by atoms with Crippen molar-refractivity contribution < 1.29 is 66.4 Å². The first-order valence-electron chi connectivity index (χ1n) is 29.0. The highest BCUT2D eigenvalue weighted by Crippen LogP contribution is 2.34. The van der Waals surface area contributed by atoms with Gasteiger partial charge in [-0.25, -0.2) is 19.0 Å². The van der Waals surface area contributed by atoms with Gasteiger partial charge < -0.3 is 56.8 Å². The molecule has 0 aliphatic carbocycles. The van der Waals surface area contributed by atoms with Crippen LogP contribution < -0.4 is 9.47 Å². The minimum Gasteiger partial charge on any atom is -0.400 e. The molecule has 0 unspecified atom stereocenters. The summed E-state index contributed by atoms with van der Waals surface area (Å²) in [5, 5.41) is 16.9. The van der Waals surface area contributed by atoms with Gasteiger partial charge in [-0.1, -0.05) is 209 Å². The summed E-state index contributed by atoms with van der Waals surface area (Å²) in [5.41, 5.74) is 5.81. The van der Waals surface area contributed by atoms with Gasteiger partial charge in [0.2, 0.25) is 0 Å². The molecule has 10 atom stereocenters. The molecule has 2 saturated heterocycles. The number of hydrogen-bond acceptors (Lipinski definition) is 18. The van der Waals surface area contributed by atoms with Gasteiger partial charge in [0.15, 0.2) is 12.6 Å². The summed E-state index contributed by atoms with van der Waals surface area (Å²) in [6.45, 7) is 1.71. The van der Waals surface area contributed by atoms with Crippen LogP contribution in [0.2, 0.25) is 0 Å². The number of carbonyl (C=O) groups is 2. The van der Waals surface area contributed by atoms with Crippen molar-refractivity contribution in [1.82, 2.24) is 30.0 Å². The van der Waals surface area contributed by atoms with Crippen LogP contribution in [-0.2, 0) is 100 Å². The minimum atomic E-state index is -0.879. The lowest BCUT2D eigenvalue weighted by Crippen LogP contribution is -2.61. The van der Waals surface area contributed by atoms with E-state index >= 15 is 0 Å². The molecule has 0 amide bonds. The van der Waals surface area contributed by atoms with Gasteiger partial charge in [-0.05, 0) is 51.6 Å². The Bertz CT molecular complexity index is 3320. The summed E-state index contributed by atoms with van der Waals surface area (Å²) in [7, 11) is 3.10. The summed E-state index contributed by atoms with van der Waals surface area (Å²) in [4.78, 5) is 27.5. The fraction of sp³-hybridized carbons (Fsp3) is 0.294. The predicted molar refractivity (Wildman–Crippen MR) is 318 cm³/mol. The smallest absolute Gasteiger partial charge is 0.344 e. The molecule has 2 aliphatic rings. The maximum atomic E-state index is 13.8. The molecule has 20 heteroatoms. The summed E-state index contributed by atoms with van der Waals surface area (Å²) in [6.07, 6.45) is -4.53. The molecular weight excluding hydrogens is 1120 g/mol. The second-order valence-electron chi connectivity index (χ2n) is 21.0. The molecule has 454 valence electrons. The first-order chi connectivity index (χ1) is 43.3. The van der Waals surface area contributed by atoms with Crippen molar-refractivity contribution in [3.05, 3.63) is 263 Å². The van der Waals surface area contributed by atoms with E-state index < -0.39 is 73.4 Å². The Labute approximate surface area is 509 Å². The normalized spacial score (nSPS) is 21.8. The van der Waals surface area contributed by atoms with Crippen LogP contribution in [0.4, 0.5) is 0 Å². The Hall–Kier alpha value is -8.64. The standard InChI is InChI=1S/C68H68N6O14/c1-77-67-63(83-45-51-30-17-7-18-31-51)61(81-43-49-26-13-5-14-27-49)59(79-41-47-22-9-3-10-23-47)55(85-67)37-73-39-57(69-71-73)87-65(75)53-34-21-35-54(36-53)66(76)88-58-40-74(72-70-58)38-56-60(80-42-48-24-11-4-12-25-48)62(82-44-50-28-15-6-16-29-50)64(68(78-2)86-56)84-46-52-32-19-8-20-33-52/h3-36,39-40,55-56,59-64,67-68H,37-38,41-46H2,1-2H3/t55-,56-,59+,60+,61+,62+,63-,64-,67+,68+/m1/s1. The maximum Gasteiger partial charge on any atom is 0.344 e. The van der Waals surface area contributed by atoms with Crippen LogP contribution in [0, 0.1) is 0 Å². The highest BCUT2D eigenvalue weighted by Gasteiger charge is 2.50. The van der Waals surface area contributed by atoms with Gasteiger partial charge in [-0.2, -0.15) is 0 Å². The minimum absolute atomic E-state index is 0.0410. The van der Waals surface area contributed by atoms with Crippen molar-refractivity contribution in [3.8, 4) is 11.8 Å². The number of rotatable bonds is 28. The van der Waals surface area contributed by atoms with E-state index in [0.29, 0.717) is 0 Å². The Kier molecular flexibility index (Phi) is 21.4. The molecule has 0 spiro atoms. The average Bonchev–Trinajstić information content (AvgIpc) is 1.91. The van der Waals surface area contributed by atoms with Crippen LogP contribution in [0.3, 0.4) is 0 Å². The van der Waals surface area contributed by atoms with Crippen molar-refractivity contribution >= 4 is 11.9 Å². The van der Waals surface area contributed by atoms with E-state index in [1.165, 1.54) is 46.0 Å². The third-order valence-electron chi connectivity index (χ3n) is 14.9. The van der Waals surface area contributed by atoms with Crippen molar-refractivity contribution in [2.75, 3.05) is 14.2 Å². The molecule has 2 fully saturated rings. The SMILES string of the molecule is CO[C@H]1O[C@H](Cn2cc(OC(=O)c3cccc(C(=O)Oc4cn(C[C@H]5O[C@H](OC)[C@H](OCc6ccccc6)[C@@H](OCc6ccccc6)[C@H]5OCc5ccccc5)nn4)c3)nn2)[C@H](OCc2ccccc2)[C@H](OCc2ccccc2)[C@H]1OCc1ccccc1. The summed E-state index contributed by atoms with van der Waals surface area (Å²) >= 11 is 0. The third kappa shape index (κ3) is 16.5. The highest BCUT2D eigenvalue weighted by molar-refractivity contribution is 5.96. The number of ether oxygens (including phenoxy) is 12. The number of carbonyl (C=O) groups excluding carboxylic acids is 2. The molecule has 0 N–H and O–H groups in total.